The van der Waals surface area contributed by atoms with Gasteiger partial charge in [0.1, 0.15) is 5.54 Å². The van der Waals surface area contributed by atoms with Gasteiger partial charge in [0.15, 0.2) is 11.5 Å². The second-order valence-electron chi connectivity index (χ2n) is 9.24. The third kappa shape index (κ3) is 3.79. The van der Waals surface area contributed by atoms with Crippen LogP contribution in [0.3, 0.4) is 0 Å². The fourth-order valence-electron chi connectivity index (χ4n) is 5.51. The molecule has 8 heteroatoms. The summed E-state index contributed by atoms with van der Waals surface area (Å²) in [6.45, 7) is 0.0676. The number of imide groups is 1. The summed E-state index contributed by atoms with van der Waals surface area (Å²) in [5, 5.41) is 23.8. The normalized spacial score (nSPS) is 25.1. The number of fused-ring (bicyclic) bond motifs is 1. The van der Waals surface area contributed by atoms with Crippen LogP contribution in [-0.4, -0.2) is 45.5 Å². The van der Waals surface area contributed by atoms with Crippen LogP contribution in [0, 0.1) is 11.8 Å². The number of hydrogen-bond acceptors (Lipinski definition) is 6. The minimum atomic E-state index is -1.71. The number of carboxylic acids is 1. The van der Waals surface area contributed by atoms with Crippen LogP contribution in [0.4, 0.5) is 0 Å². The number of ether oxygens (including phenoxy) is 1. The number of nitrogens with one attached hydrogen (secondary N) is 1. The lowest BCUT2D eigenvalue weighted by molar-refractivity contribution is -0.151. The van der Waals surface area contributed by atoms with Crippen molar-refractivity contribution in [3.63, 3.8) is 0 Å². The smallest absolute Gasteiger partial charge is 0.325 e. The molecule has 0 radical (unpaired) electrons. The lowest BCUT2D eigenvalue weighted by atomic mass is 9.76. The van der Waals surface area contributed by atoms with E-state index in [2.05, 4.69) is 5.32 Å². The molecule has 3 N–H and O–H groups in total. The first-order chi connectivity index (χ1) is 17.4. The SMILES string of the molecule is COc1cc(C2NC(Cc3ccccc3)(C(=O)O)C3C(=O)N(Cc4ccccc4)C(=O)C23)ccc1O. The molecule has 5 rings (SSSR count). The van der Waals surface area contributed by atoms with Gasteiger partial charge >= 0.3 is 5.97 Å². The highest BCUT2D eigenvalue weighted by Gasteiger charge is 2.68. The van der Waals surface area contributed by atoms with E-state index in [4.69, 9.17) is 4.74 Å². The highest BCUT2D eigenvalue weighted by Crippen LogP contribution is 2.51. The maximum atomic E-state index is 13.8. The zero-order valence-electron chi connectivity index (χ0n) is 19.6. The Morgan fingerprint density at radius 1 is 0.972 bits per heavy atom. The van der Waals surface area contributed by atoms with Crippen molar-refractivity contribution >= 4 is 17.8 Å². The molecule has 2 aliphatic rings. The number of carbonyl (C=O) groups excluding carboxylic acids is 2. The second kappa shape index (κ2) is 9.13. The van der Waals surface area contributed by atoms with Gasteiger partial charge in [-0.15, -0.1) is 0 Å². The van der Waals surface area contributed by atoms with E-state index in [1.165, 1.54) is 18.1 Å². The molecule has 36 heavy (non-hydrogen) atoms. The van der Waals surface area contributed by atoms with E-state index in [9.17, 15) is 24.6 Å². The van der Waals surface area contributed by atoms with E-state index in [1.54, 1.807) is 24.3 Å². The number of phenols is 1. The summed E-state index contributed by atoms with van der Waals surface area (Å²) in [4.78, 5) is 41.7. The molecular weight excluding hydrogens is 460 g/mol. The van der Waals surface area contributed by atoms with Gasteiger partial charge in [0.2, 0.25) is 11.8 Å². The number of carbonyl (C=O) groups is 3. The Labute approximate surface area is 208 Å². The van der Waals surface area contributed by atoms with Crippen molar-refractivity contribution in [1.82, 2.24) is 10.2 Å². The van der Waals surface area contributed by atoms with E-state index >= 15 is 0 Å². The van der Waals surface area contributed by atoms with Gasteiger partial charge in [-0.1, -0.05) is 66.7 Å². The average Bonchev–Trinajstić information content (AvgIpc) is 3.35. The van der Waals surface area contributed by atoms with Crippen LogP contribution in [0.2, 0.25) is 0 Å². The topological polar surface area (TPSA) is 116 Å². The van der Waals surface area contributed by atoms with E-state index in [-0.39, 0.29) is 24.5 Å². The molecule has 0 spiro atoms. The molecule has 0 aliphatic carbocycles. The number of nitrogens with zero attached hydrogens (tertiary/aromatic N) is 1. The highest BCUT2D eigenvalue weighted by molar-refractivity contribution is 6.09. The molecule has 3 aromatic carbocycles. The number of methoxy groups -OCH3 is 1. The number of rotatable bonds is 7. The summed E-state index contributed by atoms with van der Waals surface area (Å²) in [7, 11) is 1.41. The Hall–Kier alpha value is -4.17. The molecule has 3 aromatic rings. The number of amides is 2. The predicted molar refractivity (Wildman–Crippen MR) is 130 cm³/mol. The van der Waals surface area contributed by atoms with Gasteiger partial charge < -0.3 is 14.9 Å². The molecule has 0 bridgehead atoms. The highest BCUT2D eigenvalue weighted by atomic mass is 16.5. The number of benzene rings is 3. The molecule has 2 fully saturated rings. The minimum Gasteiger partial charge on any atom is -0.504 e. The fraction of sp³-hybridized carbons (Fsp3) is 0.250. The largest absolute Gasteiger partial charge is 0.504 e. The minimum absolute atomic E-state index is 0.0221. The molecule has 2 saturated heterocycles. The van der Waals surface area contributed by atoms with Gasteiger partial charge in [-0.3, -0.25) is 24.6 Å². The zero-order chi connectivity index (χ0) is 25.4. The molecule has 0 saturated carbocycles. The van der Waals surface area contributed by atoms with Crippen molar-refractivity contribution in [3.8, 4) is 11.5 Å². The third-order valence-electron chi connectivity index (χ3n) is 7.20. The number of aliphatic carboxylic acids is 1. The Bertz CT molecular complexity index is 1310. The molecule has 2 aliphatic heterocycles. The molecule has 8 nitrogen and oxygen atoms in total. The first-order valence-electron chi connectivity index (χ1n) is 11.7. The number of hydrogen-bond donors (Lipinski definition) is 3. The quantitative estimate of drug-likeness (QED) is 0.440. The van der Waals surface area contributed by atoms with Crippen LogP contribution in [0.1, 0.15) is 22.7 Å². The van der Waals surface area contributed by atoms with Crippen molar-refractivity contribution in [2.75, 3.05) is 7.11 Å². The van der Waals surface area contributed by atoms with Crippen LogP contribution < -0.4 is 10.1 Å². The summed E-state index contributed by atoms with van der Waals surface area (Å²) in [6.07, 6.45) is 0.0221. The Morgan fingerprint density at radius 2 is 1.61 bits per heavy atom. The summed E-state index contributed by atoms with van der Waals surface area (Å²) in [5.74, 6) is -4.06. The van der Waals surface area contributed by atoms with Crippen molar-refractivity contribution < 1.29 is 29.3 Å². The van der Waals surface area contributed by atoms with E-state index in [0.29, 0.717) is 5.56 Å². The maximum Gasteiger partial charge on any atom is 0.325 e. The molecule has 4 unspecified atom stereocenters. The predicted octanol–water partition coefficient (Wildman–Crippen LogP) is 2.91. The average molecular weight is 487 g/mol. The molecule has 2 heterocycles. The van der Waals surface area contributed by atoms with E-state index < -0.39 is 41.2 Å². The molecule has 2 amide bonds. The van der Waals surface area contributed by atoms with Gasteiger partial charge in [0.05, 0.1) is 25.5 Å². The Kier molecular flexibility index (Phi) is 5.97. The summed E-state index contributed by atoms with van der Waals surface area (Å²) in [6, 6.07) is 22.1. The lowest BCUT2D eigenvalue weighted by Crippen LogP contribution is -2.57. The van der Waals surface area contributed by atoms with Crippen LogP contribution in [0.15, 0.2) is 78.9 Å². The second-order valence-corrected chi connectivity index (χ2v) is 9.24. The zero-order valence-corrected chi connectivity index (χ0v) is 19.6. The summed E-state index contributed by atoms with van der Waals surface area (Å²) < 4.78 is 5.24. The summed E-state index contributed by atoms with van der Waals surface area (Å²) in [5.41, 5.74) is 0.356. The van der Waals surface area contributed by atoms with Crippen LogP contribution in [0.25, 0.3) is 0 Å². The number of carboxylic acid groups (broad SMARTS) is 1. The summed E-state index contributed by atoms with van der Waals surface area (Å²) >= 11 is 0. The number of aromatic hydroxyl groups is 1. The van der Waals surface area contributed by atoms with Gasteiger partial charge in [0.25, 0.3) is 0 Å². The van der Waals surface area contributed by atoms with Crippen LogP contribution in [-0.2, 0) is 27.3 Å². The van der Waals surface area contributed by atoms with E-state index in [0.717, 1.165) is 11.1 Å². The first kappa shape index (κ1) is 23.6. The molecule has 184 valence electrons. The van der Waals surface area contributed by atoms with Crippen molar-refractivity contribution in [2.24, 2.45) is 11.8 Å². The Balaban J connectivity index is 1.62. The van der Waals surface area contributed by atoms with Gasteiger partial charge in [-0.25, -0.2) is 0 Å². The van der Waals surface area contributed by atoms with Gasteiger partial charge in [0, 0.05) is 12.5 Å². The fourth-order valence-corrected chi connectivity index (χ4v) is 5.51. The number of phenolic OH excluding ortho intramolecular Hbond substituents is 1. The molecular formula is C28H26N2O6. The first-order valence-corrected chi connectivity index (χ1v) is 11.7. The number of likely N-dealkylation sites (tertiary alicyclic amines) is 1. The maximum absolute atomic E-state index is 13.8. The van der Waals surface area contributed by atoms with Crippen molar-refractivity contribution in [3.05, 3.63) is 95.6 Å². The lowest BCUT2D eigenvalue weighted by Gasteiger charge is -2.31. The van der Waals surface area contributed by atoms with Gasteiger partial charge in [-0.2, -0.15) is 0 Å². The third-order valence-corrected chi connectivity index (χ3v) is 7.20. The van der Waals surface area contributed by atoms with Crippen LogP contribution >= 0.6 is 0 Å². The molecule has 0 aromatic heterocycles. The van der Waals surface area contributed by atoms with E-state index in [1.807, 2.05) is 48.5 Å². The molecule has 4 atom stereocenters. The van der Waals surface area contributed by atoms with Crippen molar-refractivity contribution in [1.29, 1.82) is 0 Å². The van der Waals surface area contributed by atoms with Gasteiger partial charge in [-0.05, 0) is 28.8 Å². The van der Waals surface area contributed by atoms with Crippen LogP contribution in [0.5, 0.6) is 11.5 Å². The van der Waals surface area contributed by atoms with Crippen molar-refractivity contribution in [2.45, 2.75) is 24.5 Å². The monoisotopic (exact) mass is 486 g/mol. The Morgan fingerprint density at radius 3 is 2.22 bits per heavy atom. The standard InChI is InChI=1S/C28H26N2O6/c1-36-21-14-19(12-13-20(21)31)24-22-23(26(33)30(25(22)32)16-18-10-6-3-7-11-18)28(29-24,27(34)35)15-17-8-4-2-5-9-17/h2-14,22-24,29,31H,15-16H2,1H3,(H,34,35).